The summed E-state index contributed by atoms with van der Waals surface area (Å²) >= 11 is 1.54. The Kier molecular flexibility index (Phi) is 4.94. The molecule has 2 aromatic rings. The number of nitrogens with zero attached hydrogens (tertiary/aromatic N) is 1. The third-order valence-electron chi connectivity index (χ3n) is 2.83. The van der Waals surface area contributed by atoms with Gasteiger partial charge in [0.05, 0.1) is 4.92 Å². The molecule has 2 aromatic carbocycles. The highest BCUT2D eigenvalue weighted by atomic mass is 32.2. The van der Waals surface area contributed by atoms with Crippen LogP contribution in [0.15, 0.2) is 53.4 Å². The maximum Gasteiger partial charge on any atom is 0.269 e. The molecule has 2 rings (SSSR count). The first kappa shape index (κ1) is 15.1. The van der Waals surface area contributed by atoms with E-state index >= 15 is 0 Å². The molecule has 0 saturated carbocycles. The minimum atomic E-state index is -0.501. The number of Topliss-reactive ketones (excluding diaryl/α,β-unsaturated/α-hetero) is 1. The molecule has 0 N–H and O–H groups in total. The second-order valence-corrected chi connectivity index (χ2v) is 5.01. The van der Waals surface area contributed by atoms with Crippen LogP contribution in [0.4, 0.5) is 5.69 Å². The highest BCUT2D eigenvalue weighted by Gasteiger charge is 2.11. The quantitative estimate of drug-likeness (QED) is 0.353. The van der Waals surface area contributed by atoms with Gasteiger partial charge in [-0.05, 0) is 30.5 Å². The molecule has 0 aliphatic rings. The summed E-state index contributed by atoms with van der Waals surface area (Å²) in [5.74, 6) is 0.432. The van der Waals surface area contributed by atoms with Gasteiger partial charge in [-0.25, -0.2) is 0 Å². The van der Waals surface area contributed by atoms with Crippen LogP contribution < -0.4 is 4.74 Å². The van der Waals surface area contributed by atoms with Gasteiger partial charge in [0.25, 0.3) is 5.69 Å². The van der Waals surface area contributed by atoms with Crippen LogP contribution in [0, 0.1) is 10.1 Å². The summed E-state index contributed by atoms with van der Waals surface area (Å²) in [7, 11) is 0. The van der Waals surface area contributed by atoms with E-state index in [1.54, 1.807) is 6.07 Å². The van der Waals surface area contributed by atoms with E-state index in [9.17, 15) is 14.9 Å². The number of benzene rings is 2. The number of hydrogen-bond acceptors (Lipinski definition) is 5. The van der Waals surface area contributed by atoms with Crippen LogP contribution in [0.1, 0.15) is 10.4 Å². The summed E-state index contributed by atoms with van der Waals surface area (Å²) in [5, 5.41) is 10.6. The van der Waals surface area contributed by atoms with Gasteiger partial charge in [0, 0.05) is 22.6 Å². The number of rotatable bonds is 6. The molecule has 0 aliphatic heterocycles. The molecule has 0 fully saturated rings. The molecule has 0 spiro atoms. The van der Waals surface area contributed by atoms with Crippen molar-refractivity contribution >= 4 is 23.2 Å². The first-order valence-electron chi connectivity index (χ1n) is 6.15. The second-order valence-electron chi connectivity index (χ2n) is 4.17. The third-order valence-corrected chi connectivity index (χ3v) is 3.61. The van der Waals surface area contributed by atoms with E-state index in [-0.39, 0.29) is 18.1 Å². The van der Waals surface area contributed by atoms with Gasteiger partial charge >= 0.3 is 0 Å². The Balaban J connectivity index is 2.03. The van der Waals surface area contributed by atoms with E-state index in [1.807, 2.05) is 24.5 Å². The fourth-order valence-corrected chi connectivity index (χ4v) is 2.28. The SMILES string of the molecule is CSc1ccccc1OCC(=O)c1ccc([N+](=O)[O-])cc1. The third kappa shape index (κ3) is 3.82. The van der Waals surface area contributed by atoms with Crippen LogP contribution in [0.5, 0.6) is 5.75 Å². The van der Waals surface area contributed by atoms with Crippen molar-refractivity contribution in [3.8, 4) is 5.75 Å². The van der Waals surface area contributed by atoms with Crippen molar-refractivity contribution in [2.45, 2.75) is 4.90 Å². The van der Waals surface area contributed by atoms with Crippen LogP contribution in [0.2, 0.25) is 0 Å². The molecule has 0 unspecified atom stereocenters. The molecule has 5 nitrogen and oxygen atoms in total. The van der Waals surface area contributed by atoms with Crippen LogP contribution in [0.3, 0.4) is 0 Å². The number of ketones is 1. The molecule has 0 radical (unpaired) electrons. The summed E-state index contributed by atoms with van der Waals surface area (Å²) < 4.78 is 5.52. The first-order chi connectivity index (χ1) is 10.1. The number of hydrogen-bond donors (Lipinski definition) is 0. The zero-order valence-corrected chi connectivity index (χ0v) is 12.1. The minimum absolute atomic E-state index is 0.0415. The fourth-order valence-electron chi connectivity index (χ4n) is 1.73. The number of ether oxygens (including phenoxy) is 1. The average Bonchev–Trinajstić information content (AvgIpc) is 2.52. The van der Waals surface area contributed by atoms with Crippen LogP contribution in [-0.4, -0.2) is 23.6 Å². The molecule has 0 aliphatic carbocycles. The van der Waals surface area contributed by atoms with Crippen molar-refractivity contribution in [1.29, 1.82) is 0 Å². The Morgan fingerprint density at radius 2 is 1.86 bits per heavy atom. The number of para-hydroxylation sites is 1. The molecule has 0 aromatic heterocycles. The topological polar surface area (TPSA) is 69.4 Å². The molecule has 0 heterocycles. The van der Waals surface area contributed by atoms with Crippen molar-refractivity contribution in [3.63, 3.8) is 0 Å². The van der Waals surface area contributed by atoms with Crippen LogP contribution in [0.25, 0.3) is 0 Å². The molecule has 0 amide bonds. The lowest BCUT2D eigenvalue weighted by atomic mass is 10.1. The van der Waals surface area contributed by atoms with Gasteiger partial charge < -0.3 is 4.74 Å². The number of carbonyl (C=O) groups is 1. The van der Waals surface area contributed by atoms with Crippen molar-refractivity contribution in [1.82, 2.24) is 0 Å². The predicted octanol–water partition coefficient (Wildman–Crippen LogP) is 3.58. The minimum Gasteiger partial charge on any atom is -0.484 e. The Morgan fingerprint density at radius 1 is 1.19 bits per heavy atom. The largest absolute Gasteiger partial charge is 0.484 e. The van der Waals surface area contributed by atoms with E-state index in [4.69, 9.17) is 4.74 Å². The van der Waals surface area contributed by atoms with Crippen molar-refractivity contribution < 1.29 is 14.5 Å². The Bertz CT molecular complexity index is 655. The average molecular weight is 303 g/mol. The second kappa shape index (κ2) is 6.90. The molecule has 108 valence electrons. The van der Waals surface area contributed by atoms with E-state index in [0.717, 1.165) is 4.90 Å². The van der Waals surface area contributed by atoms with E-state index < -0.39 is 4.92 Å². The van der Waals surface area contributed by atoms with Gasteiger partial charge in [-0.15, -0.1) is 11.8 Å². The Hall–Kier alpha value is -2.34. The highest BCUT2D eigenvalue weighted by Crippen LogP contribution is 2.26. The number of nitro groups is 1. The number of nitro benzene ring substituents is 1. The van der Waals surface area contributed by atoms with Gasteiger partial charge in [-0.2, -0.15) is 0 Å². The molecule has 6 heteroatoms. The van der Waals surface area contributed by atoms with Crippen molar-refractivity contribution in [2.75, 3.05) is 12.9 Å². The van der Waals surface area contributed by atoms with Crippen LogP contribution >= 0.6 is 11.8 Å². The molecule has 0 atom stereocenters. The number of carbonyl (C=O) groups excluding carboxylic acids is 1. The number of non-ortho nitro benzene ring substituents is 1. The first-order valence-corrected chi connectivity index (χ1v) is 7.38. The number of thioether (sulfide) groups is 1. The fraction of sp³-hybridized carbons (Fsp3) is 0.133. The lowest BCUT2D eigenvalue weighted by molar-refractivity contribution is -0.384. The zero-order chi connectivity index (χ0) is 15.2. The molecule has 0 bridgehead atoms. The molecule has 0 saturated heterocycles. The lowest BCUT2D eigenvalue weighted by Crippen LogP contribution is -2.11. The van der Waals surface area contributed by atoms with Gasteiger partial charge in [0.1, 0.15) is 5.75 Å². The normalized spacial score (nSPS) is 10.1. The summed E-state index contributed by atoms with van der Waals surface area (Å²) in [4.78, 5) is 23.0. The van der Waals surface area contributed by atoms with E-state index in [0.29, 0.717) is 11.3 Å². The summed E-state index contributed by atoms with van der Waals surface area (Å²) in [6, 6.07) is 12.9. The molecular weight excluding hydrogens is 290 g/mol. The monoisotopic (exact) mass is 303 g/mol. The van der Waals surface area contributed by atoms with Gasteiger partial charge in [-0.3, -0.25) is 14.9 Å². The van der Waals surface area contributed by atoms with Gasteiger partial charge in [0.2, 0.25) is 0 Å². The maximum absolute atomic E-state index is 12.0. The molecular formula is C15H13NO4S. The van der Waals surface area contributed by atoms with Crippen LogP contribution in [-0.2, 0) is 0 Å². The Morgan fingerprint density at radius 3 is 2.48 bits per heavy atom. The lowest BCUT2D eigenvalue weighted by Gasteiger charge is -2.09. The standard InChI is InChI=1S/C15H13NO4S/c1-21-15-5-3-2-4-14(15)20-10-13(17)11-6-8-12(9-7-11)16(18)19/h2-9H,10H2,1H3. The summed E-state index contributed by atoms with van der Waals surface area (Å²) in [6.07, 6.45) is 1.93. The highest BCUT2D eigenvalue weighted by molar-refractivity contribution is 7.98. The van der Waals surface area contributed by atoms with Gasteiger partial charge in [-0.1, -0.05) is 12.1 Å². The van der Waals surface area contributed by atoms with Crippen molar-refractivity contribution in [2.24, 2.45) is 0 Å². The maximum atomic E-state index is 12.0. The smallest absolute Gasteiger partial charge is 0.269 e. The Labute approximate surface area is 126 Å². The zero-order valence-electron chi connectivity index (χ0n) is 11.3. The molecule has 21 heavy (non-hydrogen) atoms. The van der Waals surface area contributed by atoms with Crippen molar-refractivity contribution in [3.05, 3.63) is 64.2 Å². The van der Waals surface area contributed by atoms with E-state index in [1.165, 1.54) is 36.0 Å². The van der Waals surface area contributed by atoms with Gasteiger partial charge in [0.15, 0.2) is 12.4 Å². The predicted molar refractivity (Wildman–Crippen MR) is 81.1 cm³/mol. The summed E-state index contributed by atoms with van der Waals surface area (Å²) in [6.45, 7) is -0.102. The van der Waals surface area contributed by atoms with E-state index in [2.05, 4.69) is 0 Å². The summed E-state index contributed by atoms with van der Waals surface area (Å²) in [5.41, 5.74) is 0.349.